The average molecular weight is 506 g/mol. The molecule has 0 aromatic heterocycles. The molecule has 0 spiro atoms. The minimum atomic E-state index is -2.93. The Labute approximate surface area is 213 Å². The van der Waals surface area contributed by atoms with Crippen LogP contribution in [0.5, 0.6) is 0 Å². The summed E-state index contributed by atoms with van der Waals surface area (Å²) < 4.78 is 19.4. The molecule has 1 aromatic rings. The van der Waals surface area contributed by atoms with Crippen LogP contribution in [-0.2, 0) is 6.54 Å². The predicted octanol–water partition coefficient (Wildman–Crippen LogP) is 1.29. The average Bonchev–Trinajstić information content (AvgIpc) is 2.76. The zero-order valence-corrected chi connectivity index (χ0v) is 24.7. The van der Waals surface area contributed by atoms with Gasteiger partial charge in [-0.05, 0) is 5.56 Å². The first-order chi connectivity index (χ1) is 16.2. The summed E-state index contributed by atoms with van der Waals surface area (Å²) in [6, 6.07) is 8.29. The molecule has 35 heavy (non-hydrogen) atoms. The molecule has 0 saturated heterocycles. The topological polar surface area (TPSA) is 70.5 Å². The molecule has 0 saturated carbocycles. The van der Waals surface area contributed by atoms with E-state index in [1.165, 1.54) is 0 Å². The van der Waals surface area contributed by atoms with Crippen molar-refractivity contribution in [3.8, 4) is 0 Å². The van der Waals surface area contributed by atoms with Gasteiger partial charge < -0.3 is 29.4 Å². The molecule has 0 amide bonds. The number of hydrogen-bond donors (Lipinski definition) is 1. The van der Waals surface area contributed by atoms with Crippen LogP contribution in [0.15, 0.2) is 45.1 Å². The lowest BCUT2D eigenvalue weighted by molar-refractivity contribution is -0.454. The summed E-state index contributed by atoms with van der Waals surface area (Å²) in [7, 11) is 20.8. The second-order valence-corrected chi connectivity index (χ2v) is 11.5. The largest absolute Gasteiger partial charge is 0.454 e. The van der Waals surface area contributed by atoms with Crippen LogP contribution >= 0.6 is 7.51 Å². The van der Waals surface area contributed by atoms with Gasteiger partial charge in [0.2, 0.25) is 17.9 Å². The van der Waals surface area contributed by atoms with Crippen LogP contribution in [0.25, 0.3) is 6.08 Å². The molecule has 0 aliphatic carbocycles. The third kappa shape index (κ3) is 8.94. The van der Waals surface area contributed by atoms with Crippen molar-refractivity contribution >= 4 is 31.5 Å². The van der Waals surface area contributed by atoms with Crippen LogP contribution in [0.3, 0.4) is 0 Å². The van der Waals surface area contributed by atoms with Crippen molar-refractivity contribution in [1.29, 1.82) is 0 Å². The molecule has 0 unspecified atom stereocenters. The first-order valence-corrected chi connectivity index (χ1v) is 13.1. The fourth-order valence-corrected chi connectivity index (χ4v) is 5.82. The van der Waals surface area contributed by atoms with Gasteiger partial charge in [-0.25, -0.2) is 4.74 Å². The summed E-state index contributed by atoms with van der Waals surface area (Å²) in [5.74, 6) is 2.32. The van der Waals surface area contributed by atoms with Gasteiger partial charge in [-0.3, -0.25) is 0 Å². The van der Waals surface area contributed by atoms with Gasteiger partial charge in [-0.1, -0.05) is 36.9 Å². The lowest BCUT2D eigenvalue weighted by Crippen LogP contribution is -2.64. The van der Waals surface area contributed by atoms with Gasteiger partial charge in [-0.15, -0.1) is 14.3 Å². The molecule has 11 heteroatoms. The van der Waals surface area contributed by atoms with Gasteiger partial charge in [0.25, 0.3) is 0 Å². The highest BCUT2D eigenvalue weighted by atomic mass is 31.2. The summed E-state index contributed by atoms with van der Waals surface area (Å²) >= 11 is 0. The number of hydrogen-bond acceptors (Lipinski definition) is 0. The normalized spacial score (nSPS) is 10.5. The molecule has 0 aliphatic rings. The third-order valence-electron chi connectivity index (χ3n) is 4.80. The van der Waals surface area contributed by atoms with Crippen molar-refractivity contribution < 1.29 is 4.74 Å². The Bertz CT molecular complexity index is 860. The van der Waals surface area contributed by atoms with Crippen molar-refractivity contribution in [3.63, 3.8) is 0 Å². The van der Waals surface area contributed by atoms with Crippen LogP contribution in [0.2, 0.25) is 0 Å². The van der Waals surface area contributed by atoms with E-state index < -0.39 is 7.51 Å². The quantitative estimate of drug-likeness (QED) is 0.357. The summed E-state index contributed by atoms with van der Waals surface area (Å²) in [6.45, 7) is 4.41. The number of guanidine groups is 3. The molecule has 1 aromatic carbocycles. The Kier molecular flexibility index (Phi) is 11.3. The fourth-order valence-electron chi connectivity index (χ4n) is 3.25. The van der Waals surface area contributed by atoms with Gasteiger partial charge in [0.05, 0.1) is 0 Å². The zero-order valence-electron chi connectivity index (χ0n) is 23.8. The van der Waals surface area contributed by atoms with Gasteiger partial charge >= 0.3 is 7.51 Å². The maximum Gasteiger partial charge on any atom is 0.454 e. The van der Waals surface area contributed by atoms with E-state index in [2.05, 4.69) is 35.6 Å². The summed E-state index contributed by atoms with van der Waals surface area (Å²) in [6.07, 6.45) is 1.84. The van der Waals surface area contributed by atoms with Gasteiger partial charge in [-0.2, -0.15) is 0 Å². The summed E-state index contributed by atoms with van der Waals surface area (Å²) in [5.41, 5.74) is 2.20. The van der Waals surface area contributed by atoms with E-state index in [0.717, 1.165) is 29.0 Å². The van der Waals surface area contributed by atoms with E-state index in [1.54, 1.807) is 0 Å². The lowest BCUT2D eigenvalue weighted by atomic mass is 10.1. The molecule has 0 fully saturated rings. The second-order valence-electron chi connectivity index (χ2n) is 9.42. The third-order valence-corrected chi connectivity index (χ3v) is 6.75. The highest BCUT2D eigenvalue weighted by Gasteiger charge is 2.31. The molecular formula is C24H46N10P+. The Morgan fingerprint density at radius 1 is 0.657 bits per heavy atom. The molecule has 1 N–H and O–H groups in total. The lowest BCUT2D eigenvalue weighted by Gasteiger charge is -2.27. The van der Waals surface area contributed by atoms with Crippen LogP contribution in [0, 0.1) is 0 Å². The second kappa shape index (κ2) is 13.2. The first kappa shape index (κ1) is 30.0. The van der Waals surface area contributed by atoms with E-state index >= 15 is 0 Å². The van der Waals surface area contributed by atoms with Crippen molar-refractivity contribution in [1.82, 2.24) is 29.4 Å². The van der Waals surface area contributed by atoms with E-state index in [0.29, 0.717) is 6.54 Å². The van der Waals surface area contributed by atoms with Gasteiger partial charge in [0.1, 0.15) is 0 Å². The standard InChI is InChI=1S/C24H45N10P/c1-14-20-15-17-21(18-16-20)19-25-35(26-22(29(2)3)30(4)5,27-23(31(6)7)32(8)9)28-24(33(10)11)34(12)13/h14-18H,1,19H2,2-13H3/p+1. The molecule has 0 heterocycles. The van der Waals surface area contributed by atoms with Crippen molar-refractivity contribution in [3.05, 3.63) is 42.0 Å². The van der Waals surface area contributed by atoms with Crippen LogP contribution in [0.1, 0.15) is 11.1 Å². The first-order valence-electron chi connectivity index (χ1n) is 11.4. The molecule has 0 bridgehead atoms. The minimum absolute atomic E-state index is 0.554. The van der Waals surface area contributed by atoms with E-state index in [9.17, 15) is 0 Å². The molecular weight excluding hydrogens is 459 g/mol. The molecule has 196 valence electrons. The predicted molar refractivity (Wildman–Crippen MR) is 153 cm³/mol. The van der Waals surface area contributed by atoms with Gasteiger partial charge in [0.15, 0.2) is 6.54 Å². The zero-order chi connectivity index (χ0) is 26.9. The summed E-state index contributed by atoms with van der Waals surface area (Å²) in [5, 5.41) is 0. The molecule has 0 radical (unpaired) electrons. The maximum atomic E-state index is 5.24. The van der Waals surface area contributed by atoms with Gasteiger partial charge in [0, 0.05) is 90.1 Å². The van der Waals surface area contributed by atoms with Crippen molar-refractivity contribution in [2.75, 3.05) is 84.6 Å². The number of benzene rings is 1. The smallest absolute Gasteiger partial charge is 0.348 e. The highest BCUT2D eigenvalue weighted by Crippen LogP contribution is 2.49. The van der Waals surface area contributed by atoms with Crippen LogP contribution in [-0.4, -0.2) is 132 Å². The molecule has 10 nitrogen and oxygen atoms in total. The molecule has 0 atom stereocenters. The van der Waals surface area contributed by atoms with Crippen molar-refractivity contribution in [2.24, 2.45) is 14.3 Å². The monoisotopic (exact) mass is 505 g/mol. The number of nitrogens with one attached hydrogen (secondary N) is 1. The maximum absolute atomic E-state index is 5.24. The highest BCUT2D eigenvalue weighted by molar-refractivity contribution is 7.60. The molecule has 0 aliphatic heterocycles. The Morgan fingerprint density at radius 3 is 1.23 bits per heavy atom. The molecule has 1 rings (SSSR count). The van der Waals surface area contributed by atoms with Crippen molar-refractivity contribution in [2.45, 2.75) is 6.54 Å². The summed E-state index contributed by atoms with van der Waals surface area (Å²) in [4.78, 5) is 11.9. The van der Waals surface area contributed by atoms with E-state index in [-0.39, 0.29) is 0 Å². The Hall–Kier alpha value is -3.00. The Balaban J connectivity index is 4.11. The van der Waals surface area contributed by atoms with E-state index in [1.807, 2.05) is 120 Å². The Morgan fingerprint density at radius 2 is 0.971 bits per heavy atom. The minimum Gasteiger partial charge on any atom is -0.348 e. The van der Waals surface area contributed by atoms with E-state index in [4.69, 9.17) is 14.3 Å². The number of rotatable bonds is 6. The number of nitrogens with zero attached hydrogens (tertiary/aromatic N) is 9. The van der Waals surface area contributed by atoms with Crippen LogP contribution in [0.4, 0.5) is 0 Å². The SMILES string of the molecule is C=Cc1ccc(C[NH+]=P(N=C(N(C)C)N(C)C)(N=C(N(C)C)N(C)C)N=C(N(C)C)N(C)C)cc1. The fraction of sp³-hybridized carbons (Fsp3) is 0.542. The van der Waals surface area contributed by atoms with Crippen LogP contribution < -0.4 is 4.74 Å².